The van der Waals surface area contributed by atoms with Gasteiger partial charge in [-0.05, 0) is 36.7 Å². The molecule has 0 fully saturated rings. The summed E-state index contributed by atoms with van der Waals surface area (Å²) in [5.41, 5.74) is 9.06. The van der Waals surface area contributed by atoms with Crippen LogP contribution in [0.3, 0.4) is 0 Å². The number of amides is 1. The van der Waals surface area contributed by atoms with Gasteiger partial charge >= 0.3 is 0 Å². The number of fused-ring (bicyclic) bond motifs is 1. The number of rotatable bonds is 9. The molecule has 2 aromatic rings. The second-order valence-corrected chi connectivity index (χ2v) is 9.58. The number of nitrogens with one attached hydrogen (secondary N) is 1. The van der Waals surface area contributed by atoms with Gasteiger partial charge < -0.3 is 4.74 Å². The number of hydrogen-bond donors (Lipinski definition) is 1. The van der Waals surface area contributed by atoms with Crippen molar-refractivity contribution < 1.29 is 9.53 Å². The molecule has 154 valence electrons. The molecule has 0 radical (unpaired) electrons. The second-order valence-electron chi connectivity index (χ2n) is 8.57. The summed E-state index contributed by atoms with van der Waals surface area (Å²) in [5.74, 6) is 1.12. The lowest BCUT2D eigenvalue weighted by atomic mass is 9.84. The molecule has 0 aliphatic rings. The molecule has 6 nitrogen and oxygen atoms in total. The average Bonchev–Trinajstić information content (AvgIpc) is 2.99. The Labute approximate surface area is 171 Å². The lowest BCUT2D eigenvalue weighted by molar-refractivity contribution is -0.116. The monoisotopic (exact) mass is 404 g/mol. The van der Waals surface area contributed by atoms with Gasteiger partial charge in [0.15, 0.2) is 5.13 Å². The minimum Gasteiger partial charge on any atom is -0.491 e. The first kappa shape index (κ1) is 22.3. The number of anilines is 1. The van der Waals surface area contributed by atoms with E-state index in [0.717, 1.165) is 29.5 Å². The average molecular weight is 405 g/mol. The van der Waals surface area contributed by atoms with Crippen molar-refractivity contribution in [2.45, 2.75) is 60.8 Å². The molecule has 1 heterocycles. The minimum absolute atomic E-state index is 0.0179. The molecule has 28 heavy (non-hydrogen) atoms. The number of carbonyl (C=O) groups is 1. The molecule has 1 atom stereocenters. The minimum atomic E-state index is -0.0179. The third-order valence-corrected chi connectivity index (χ3v) is 5.51. The lowest BCUT2D eigenvalue weighted by Gasteiger charge is -2.23. The normalized spacial score (nSPS) is 12.8. The highest BCUT2D eigenvalue weighted by Crippen LogP contribution is 2.38. The van der Waals surface area contributed by atoms with E-state index in [-0.39, 0.29) is 5.91 Å². The van der Waals surface area contributed by atoms with Crippen LogP contribution in [-0.4, -0.2) is 24.0 Å². The zero-order valence-electron chi connectivity index (χ0n) is 17.8. The van der Waals surface area contributed by atoms with E-state index in [1.54, 1.807) is 11.8 Å². The summed E-state index contributed by atoms with van der Waals surface area (Å²) in [7, 11) is 0. The number of thiazole rings is 1. The first-order chi connectivity index (χ1) is 13.1. The van der Waals surface area contributed by atoms with Gasteiger partial charge in [0.2, 0.25) is 5.91 Å². The molecule has 0 spiro atoms. The van der Waals surface area contributed by atoms with Crippen LogP contribution in [0, 0.1) is 16.9 Å². The zero-order chi connectivity index (χ0) is 20.9. The topological polar surface area (TPSA) is 78.6 Å². The number of carbonyl (C=O) groups excluding carboxylic acids is 1. The molecule has 1 N–H and O–H groups in total. The Bertz CT molecular complexity index is 826. The Morgan fingerprint density at radius 3 is 2.68 bits per heavy atom. The van der Waals surface area contributed by atoms with E-state index < -0.39 is 0 Å². The molecule has 7 heteroatoms. The Morgan fingerprint density at radius 1 is 1.39 bits per heavy atom. The Morgan fingerprint density at radius 2 is 2.11 bits per heavy atom. The van der Waals surface area contributed by atoms with Crippen molar-refractivity contribution >= 4 is 38.3 Å². The maximum absolute atomic E-state index is 11.9. The van der Waals surface area contributed by atoms with Gasteiger partial charge in [-0.2, -0.15) is 5.11 Å². The van der Waals surface area contributed by atoms with Crippen molar-refractivity contribution in [3.63, 3.8) is 0 Å². The third kappa shape index (κ3) is 5.99. The molecule has 0 bridgehead atoms. The van der Waals surface area contributed by atoms with Crippen LogP contribution in [0.4, 0.5) is 10.8 Å². The molecule has 0 saturated carbocycles. The zero-order valence-corrected chi connectivity index (χ0v) is 18.7. The fourth-order valence-corrected chi connectivity index (χ4v) is 4.43. The summed E-state index contributed by atoms with van der Waals surface area (Å²) in [6, 6.07) is 3.66. The van der Waals surface area contributed by atoms with Crippen molar-refractivity contribution in [2.24, 2.45) is 16.4 Å². The van der Waals surface area contributed by atoms with Gasteiger partial charge in [-0.15, -0.1) is 0 Å². The van der Waals surface area contributed by atoms with Crippen LogP contribution in [0.15, 0.2) is 17.2 Å². The van der Waals surface area contributed by atoms with Gasteiger partial charge in [0.05, 0.1) is 16.8 Å². The fourth-order valence-electron chi connectivity index (χ4n) is 3.38. The molecule has 0 aliphatic heterocycles. The molecule has 1 amide bonds. The van der Waals surface area contributed by atoms with Crippen molar-refractivity contribution in [1.82, 2.24) is 4.98 Å². The van der Waals surface area contributed by atoms with Crippen LogP contribution in [0.2, 0.25) is 0 Å². The van der Waals surface area contributed by atoms with Crippen molar-refractivity contribution in [1.29, 1.82) is 5.53 Å². The molecule has 2 rings (SSSR count). The van der Waals surface area contributed by atoms with E-state index in [1.165, 1.54) is 11.3 Å². The maximum atomic E-state index is 11.9. The SMILES string of the molecule is CCCN(C(C)=O)c1nc2cc(OCCC(C)CC(C)(C)C)c(N=N)cc2s1. The third-order valence-electron chi connectivity index (χ3n) is 4.47. The van der Waals surface area contributed by atoms with E-state index in [4.69, 9.17) is 10.3 Å². The van der Waals surface area contributed by atoms with Crippen LogP contribution >= 0.6 is 11.3 Å². The smallest absolute Gasteiger partial charge is 0.225 e. The molecule has 1 aromatic carbocycles. The maximum Gasteiger partial charge on any atom is 0.225 e. The second kappa shape index (κ2) is 9.45. The fraction of sp³-hybridized carbons (Fsp3) is 0.619. The first-order valence-electron chi connectivity index (χ1n) is 9.87. The van der Waals surface area contributed by atoms with E-state index >= 15 is 0 Å². The summed E-state index contributed by atoms with van der Waals surface area (Å²) in [6.07, 6.45) is 2.95. The van der Waals surface area contributed by atoms with Gasteiger partial charge in [0.1, 0.15) is 11.4 Å². The van der Waals surface area contributed by atoms with Crippen LogP contribution in [0.1, 0.15) is 60.8 Å². The summed E-state index contributed by atoms with van der Waals surface area (Å²) in [4.78, 5) is 18.2. The Kier molecular flexibility index (Phi) is 7.52. The number of ether oxygens (including phenoxy) is 1. The van der Waals surface area contributed by atoms with Crippen LogP contribution < -0.4 is 9.64 Å². The Hall–Kier alpha value is -2.02. The highest BCUT2D eigenvalue weighted by Gasteiger charge is 2.18. The van der Waals surface area contributed by atoms with Gasteiger partial charge in [-0.1, -0.05) is 46.0 Å². The number of benzene rings is 1. The van der Waals surface area contributed by atoms with Crippen molar-refractivity contribution in [2.75, 3.05) is 18.1 Å². The summed E-state index contributed by atoms with van der Waals surface area (Å²) in [5, 5.41) is 4.30. The molecular formula is C21H32N4O2S. The van der Waals surface area contributed by atoms with Gasteiger partial charge in [-0.3, -0.25) is 9.69 Å². The van der Waals surface area contributed by atoms with Crippen molar-refractivity contribution in [3.05, 3.63) is 12.1 Å². The van der Waals surface area contributed by atoms with Crippen LogP contribution in [0.25, 0.3) is 10.2 Å². The molecule has 0 saturated heterocycles. The van der Waals surface area contributed by atoms with E-state index in [9.17, 15) is 4.79 Å². The van der Waals surface area contributed by atoms with Gasteiger partial charge in [-0.25, -0.2) is 10.5 Å². The predicted octanol–water partition coefficient (Wildman–Crippen LogP) is 6.56. The number of aromatic nitrogens is 1. The summed E-state index contributed by atoms with van der Waals surface area (Å²) in [6.45, 7) is 13.8. The first-order valence-corrected chi connectivity index (χ1v) is 10.7. The van der Waals surface area contributed by atoms with Gasteiger partial charge in [0, 0.05) is 19.5 Å². The highest BCUT2D eigenvalue weighted by atomic mass is 32.1. The number of hydrogen-bond acceptors (Lipinski definition) is 6. The van der Waals surface area contributed by atoms with Crippen LogP contribution in [0.5, 0.6) is 5.75 Å². The van der Waals surface area contributed by atoms with E-state index in [2.05, 4.69) is 37.8 Å². The van der Waals surface area contributed by atoms with Crippen LogP contribution in [-0.2, 0) is 4.79 Å². The number of nitrogens with zero attached hydrogens (tertiary/aromatic N) is 3. The van der Waals surface area contributed by atoms with Gasteiger partial charge in [0.25, 0.3) is 0 Å². The summed E-state index contributed by atoms with van der Waals surface area (Å²) < 4.78 is 6.86. The molecular weight excluding hydrogens is 372 g/mol. The quantitative estimate of drug-likeness (QED) is 0.480. The predicted molar refractivity (Wildman–Crippen MR) is 116 cm³/mol. The van der Waals surface area contributed by atoms with E-state index in [1.807, 2.05) is 19.1 Å². The summed E-state index contributed by atoms with van der Waals surface area (Å²) >= 11 is 1.44. The lowest BCUT2D eigenvalue weighted by Crippen LogP contribution is -2.28. The largest absolute Gasteiger partial charge is 0.491 e. The Balaban J connectivity index is 2.17. The van der Waals surface area contributed by atoms with E-state index in [0.29, 0.717) is 41.1 Å². The molecule has 1 unspecified atom stereocenters. The van der Waals surface area contributed by atoms with Crippen molar-refractivity contribution in [3.8, 4) is 5.75 Å². The standard InChI is InChI=1S/C21H32N4O2S/c1-7-9-25(15(3)26)20-23-17-11-18(16(24-22)12-19(17)28-20)27-10-8-14(2)13-21(4,5)6/h11-12,14,22H,7-10,13H2,1-6H3. The highest BCUT2D eigenvalue weighted by molar-refractivity contribution is 7.22. The molecule has 1 aromatic heterocycles. The molecule has 0 aliphatic carbocycles.